The van der Waals surface area contributed by atoms with E-state index >= 15 is 0 Å². The first-order chi connectivity index (χ1) is 10.1. The van der Waals surface area contributed by atoms with E-state index in [1.807, 2.05) is 59.0 Å². The second kappa shape index (κ2) is 7.05. The van der Waals surface area contributed by atoms with Gasteiger partial charge in [0.2, 0.25) is 5.91 Å². The van der Waals surface area contributed by atoms with E-state index in [1.165, 1.54) is 0 Å². The minimum absolute atomic E-state index is 0.0141. The molecule has 0 aromatic heterocycles. The SMILES string of the molecule is C=C(C)C(Cc1ccc(C#N)cc1)N1CCC(NI)C1=O. The molecule has 0 radical (unpaired) electrons. The lowest BCUT2D eigenvalue weighted by Gasteiger charge is -2.29. The molecule has 1 heterocycles. The van der Waals surface area contributed by atoms with Gasteiger partial charge in [0.05, 0.1) is 23.7 Å². The largest absolute Gasteiger partial charge is 0.334 e. The average molecular weight is 395 g/mol. The molecule has 1 aromatic carbocycles. The van der Waals surface area contributed by atoms with Crippen LogP contribution in [0.4, 0.5) is 0 Å². The summed E-state index contributed by atoms with van der Waals surface area (Å²) in [5, 5.41) is 8.84. The van der Waals surface area contributed by atoms with Gasteiger partial charge in [0.15, 0.2) is 0 Å². The van der Waals surface area contributed by atoms with Crippen LogP contribution in [0.1, 0.15) is 24.5 Å². The molecule has 2 unspecified atom stereocenters. The maximum atomic E-state index is 12.3. The van der Waals surface area contributed by atoms with E-state index in [-0.39, 0.29) is 18.0 Å². The van der Waals surface area contributed by atoms with E-state index in [0.29, 0.717) is 5.56 Å². The molecule has 0 bridgehead atoms. The second-order valence-electron chi connectivity index (χ2n) is 5.36. The van der Waals surface area contributed by atoms with Crippen LogP contribution in [0.2, 0.25) is 0 Å². The molecular weight excluding hydrogens is 377 g/mol. The molecule has 1 amide bonds. The van der Waals surface area contributed by atoms with Crippen molar-refractivity contribution in [1.29, 1.82) is 5.26 Å². The number of nitriles is 1. The zero-order valence-corrected chi connectivity index (χ0v) is 14.1. The van der Waals surface area contributed by atoms with Crippen LogP contribution >= 0.6 is 22.9 Å². The zero-order chi connectivity index (χ0) is 15.4. The van der Waals surface area contributed by atoms with Crippen LogP contribution < -0.4 is 3.53 Å². The van der Waals surface area contributed by atoms with Gasteiger partial charge in [-0.05, 0) is 37.5 Å². The molecule has 0 spiro atoms. The van der Waals surface area contributed by atoms with Gasteiger partial charge in [-0.3, -0.25) is 4.79 Å². The van der Waals surface area contributed by atoms with E-state index in [9.17, 15) is 4.79 Å². The summed E-state index contributed by atoms with van der Waals surface area (Å²) in [6, 6.07) is 9.56. The van der Waals surface area contributed by atoms with Crippen LogP contribution in [0.25, 0.3) is 0 Å². The first-order valence-corrected chi connectivity index (χ1v) is 7.95. The van der Waals surface area contributed by atoms with Gasteiger partial charge in [-0.25, -0.2) is 3.53 Å². The number of carbonyl (C=O) groups excluding carboxylic acids is 1. The summed E-state index contributed by atoms with van der Waals surface area (Å²) < 4.78 is 3.03. The van der Waals surface area contributed by atoms with E-state index in [1.54, 1.807) is 0 Å². The minimum atomic E-state index is -0.0894. The number of amides is 1. The summed E-state index contributed by atoms with van der Waals surface area (Å²) in [4.78, 5) is 14.3. The molecule has 110 valence electrons. The molecule has 1 N–H and O–H groups in total. The lowest BCUT2D eigenvalue weighted by molar-refractivity contribution is -0.130. The number of rotatable bonds is 5. The summed E-state index contributed by atoms with van der Waals surface area (Å²) in [5.74, 6) is 0.144. The molecule has 1 saturated heterocycles. The third kappa shape index (κ3) is 3.63. The fourth-order valence-corrected chi connectivity index (χ4v) is 3.18. The quantitative estimate of drug-likeness (QED) is 0.474. The molecule has 2 rings (SSSR count). The normalized spacial score (nSPS) is 19.4. The molecule has 1 fully saturated rings. The Morgan fingerprint density at radius 2 is 2.24 bits per heavy atom. The Bertz CT molecular complexity index is 576. The number of hydrogen-bond acceptors (Lipinski definition) is 3. The lowest BCUT2D eigenvalue weighted by Crippen LogP contribution is -2.42. The van der Waals surface area contributed by atoms with Gasteiger partial charge in [-0.2, -0.15) is 5.26 Å². The van der Waals surface area contributed by atoms with Crippen LogP contribution in [0.15, 0.2) is 36.4 Å². The predicted octanol–water partition coefficient (Wildman–Crippen LogP) is 2.59. The Morgan fingerprint density at radius 3 is 2.71 bits per heavy atom. The van der Waals surface area contributed by atoms with Crippen molar-refractivity contribution in [2.45, 2.75) is 31.8 Å². The number of nitrogens with zero attached hydrogens (tertiary/aromatic N) is 2. The number of likely N-dealkylation sites (tertiary alicyclic amines) is 1. The van der Waals surface area contributed by atoms with Gasteiger partial charge < -0.3 is 4.90 Å². The van der Waals surface area contributed by atoms with Crippen LogP contribution in [0.3, 0.4) is 0 Å². The molecule has 0 aliphatic carbocycles. The van der Waals surface area contributed by atoms with E-state index in [2.05, 4.69) is 16.2 Å². The van der Waals surface area contributed by atoms with Crippen molar-refractivity contribution in [1.82, 2.24) is 8.43 Å². The highest BCUT2D eigenvalue weighted by molar-refractivity contribution is 14.1. The first kappa shape index (κ1) is 16.0. The van der Waals surface area contributed by atoms with Gasteiger partial charge in [0.25, 0.3) is 0 Å². The number of halogens is 1. The highest BCUT2D eigenvalue weighted by Crippen LogP contribution is 2.22. The Hall–Kier alpha value is -1.39. The van der Waals surface area contributed by atoms with Crippen molar-refractivity contribution in [2.75, 3.05) is 6.54 Å². The maximum Gasteiger partial charge on any atom is 0.241 e. The number of hydrogen-bond donors (Lipinski definition) is 1. The highest BCUT2D eigenvalue weighted by atomic mass is 127. The molecular formula is C16H18IN3O. The molecule has 21 heavy (non-hydrogen) atoms. The Morgan fingerprint density at radius 1 is 1.57 bits per heavy atom. The monoisotopic (exact) mass is 395 g/mol. The summed E-state index contributed by atoms with van der Waals surface area (Å²) in [6.45, 7) is 6.77. The molecule has 1 aliphatic rings. The highest BCUT2D eigenvalue weighted by Gasteiger charge is 2.35. The van der Waals surface area contributed by atoms with Crippen LogP contribution in [0.5, 0.6) is 0 Å². The summed E-state index contributed by atoms with van der Waals surface area (Å²) in [7, 11) is 0. The standard InChI is InChI=1S/C16H18IN3O/c1-11(2)15(20-8-7-14(19-17)16(20)21)9-12-3-5-13(10-18)6-4-12/h3-6,14-15,19H,1,7-9H2,2H3. The Kier molecular flexibility index (Phi) is 5.37. The molecule has 0 saturated carbocycles. The predicted molar refractivity (Wildman–Crippen MR) is 90.7 cm³/mol. The van der Waals surface area contributed by atoms with E-state index < -0.39 is 0 Å². The van der Waals surface area contributed by atoms with Crippen LogP contribution in [0, 0.1) is 11.3 Å². The lowest BCUT2D eigenvalue weighted by atomic mass is 9.99. The van der Waals surface area contributed by atoms with Crippen molar-refractivity contribution in [3.05, 3.63) is 47.5 Å². The van der Waals surface area contributed by atoms with Crippen LogP contribution in [-0.2, 0) is 11.2 Å². The molecule has 5 heteroatoms. The van der Waals surface area contributed by atoms with Crippen molar-refractivity contribution < 1.29 is 4.79 Å². The summed E-state index contributed by atoms with van der Waals surface area (Å²) in [6.07, 6.45) is 1.57. The number of carbonyl (C=O) groups is 1. The number of nitrogens with one attached hydrogen (secondary N) is 1. The summed E-state index contributed by atoms with van der Waals surface area (Å²) >= 11 is 2.04. The first-order valence-electron chi connectivity index (χ1n) is 6.88. The second-order valence-corrected chi connectivity index (χ2v) is 5.98. The van der Waals surface area contributed by atoms with E-state index in [4.69, 9.17) is 5.26 Å². The topological polar surface area (TPSA) is 56.1 Å². The Balaban J connectivity index is 2.14. The van der Waals surface area contributed by atoms with Gasteiger partial charge >= 0.3 is 0 Å². The third-order valence-corrected chi connectivity index (χ3v) is 4.58. The van der Waals surface area contributed by atoms with Crippen molar-refractivity contribution in [3.8, 4) is 6.07 Å². The van der Waals surface area contributed by atoms with Gasteiger partial charge in [-0.1, -0.05) is 24.3 Å². The van der Waals surface area contributed by atoms with Crippen molar-refractivity contribution >= 4 is 28.8 Å². The van der Waals surface area contributed by atoms with E-state index in [0.717, 1.165) is 30.5 Å². The average Bonchev–Trinajstić information content (AvgIpc) is 2.86. The zero-order valence-electron chi connectivity index (χ0n) is 12.0. The van der Waals surface area contributed by atoms with Gasteiger partial charge in [-0.15, -0.1) is 0 Å². The number of benzene rings is 1. The fraction of sp³-hybridized carbons (Fsp3) is 0.375. The maximum absolute atomic E-state index is 12.3. The Labute approximate surface area is 139 Å². The third-order valence-electron chi connectivity index (χ3n) is 3.83. The smallest absolute Gasteiger partial charge is 0.241 e. The van der Waals surface area contributed by atoms with Crippen molar-refractivity contribution in [2.24, 2.45) is 0 Å². The molecule has 1 aliphatic heterocycles. The molecule has 2 atom stereocenters. The van der Waals surface area contributed by atoms with Crippen molar-refractivity contribution in [3.63, 3.8) is 0 Å². The fourth-order valence-electron chi connectivity index (χ4n) is 2.60. The molecule has 1 aromatic rings. The van der Waals surface area contributed by atoms with Crippen LogP contribution in [-0.4, -0.2) is 29.4 Å². The minimum Gasteiger partial charge on any atom is -0.334 e. The molecule has 4 nitrogen and oxygen atoms in total. The van der Waals surface area contributed by atoms with Gasteiger partial charge in [0.1, 0.15) is 0 Å². The summed E-state index contributed by atoms with van der Waals surface area (Å²) in [5.41, 5.74) is 2.75. The van der Waals surface area contributed by atoms with Gasteiger partial charge in [0, 0.05) is 29.4 Å².